The topological polar surface area (TPSA) is 81.4 Å². The summed E-state index contributed by atoms with van der Waals surface area (Å²) in [7, 11) is 0. The number of hydrogen-bond donors (Lipinski definition) is 4. The number of aromatic amines is 2. The summed E-state index contributed by atoms with van der Waals surface area (Å²) in [6.45, 7) is 3.28. The molecule has 3 aromatic carbocycles. The number of fused-ring (bicyclic) bond motifs is 3. The lowest BCUT2D eigenvalue weighted by Crippen LogP contribution is -2.35. The van der Waals surface area contributed by atoms with Gasteiger partial charge in [-0.1, -0.05) is 48.9 Å². The van der Waals surface area contributed by atoms with Crippen LogP contribution in [0.15, 0.2) is 54.6 Å². The fraction of sp³-hybridized carbons (Fsp3) is 0.355. The van der Waals surface area contributed by atoms with E-state index in [-0.39, 0.29) is 6.04 Å². The highest BCUT2D eigenvalue weighted by molar-refractivity contribution is 6.32. The average Bonchev–Trinajstić information content (AvgIpc) is 3.69. The molecule has 5 atom stereocenters. The van der Waals surface area contributed by atoms with Gasteiger partial charge in [-0.3, -0.25) is 0 Å². The van der Waals surface area contributed by atoms with E-state index in [1.165, 1.54) is 41.2 Å². The van der Waals surface area contributed by atoms with E-state index in [9.17, 15) is 0 Å². The first-order valence-corrected chi connectivity index (χ1v) is 14.2. The standard InChI is InChI=1S/C31H31ClN6/c1-16-10-26(33-15-16)30-37-28(29(32)38-30)22-5-4-17-11-18(2-3-19(17)12-22)20-6-9-24-25(13-20)36-31(35-24)27-14-21-7-8-23(21)34-27/h2-6,9,11-13,16,21,23,26-27,33-34H,7-8,10,14-15H2,1H3,(H,35,36)(H,37,38)/t16-,21-,23-,26+,27+/m1/s1. The normalized spacial score (nSPS) is 26.7. The number of benzene rings is 3. The molecule has 2 aromatic heterocycles. The highest BCUT2D eigenvalue weighted by atomic mass is 35.5. The van der Waals surface area contributed by atoms with Crippen molar-refractivity contribution in [3.63, 3.8) is 0 Å². The quantitative estimate of drug-likeness (QED) is 0.207. The molecule has 38 heavy (non-hydrogen) atoms. The van der Waals surface area contributed by atoms with Gasteiger partial charge in [-0.25, -0.2) is 9.97 Å². The number of aromatic nitrogens is 4. The zero-order chi connectivity index (χ0) is 25.4. The van der Waals surface area contributed by atoms with Crippen molar-refractivity contribution < 1.29 is 0 Å². The number of nitrogens with one attached hydrogen (secondary N) is 4. The molecule has 4 N–H and O–H groups in total. The molecular weight excluding hydrogens is 492 g/mol. The minimum atomic E-state index is 0.243. The van der Waals surface area contributed by atoms with Gasteiger partial charge in [0.05, 0.1) is 23.1 Å². The van der Waals surface area contributed by atoms with Gasteiger partial charge in [-0.2, -0.15) is 0 Å². The summed E-state index contributed by atoms with van der Waals surface area (Å²) in [5, 5.41) is 10.3. The summed E-state index contributed by atoms with van der Waals surface area (Å²) in [4.78, 5) is 16.7. The largest absolute Gasteiger partial charge is 0.341 e. The Morgan fingerprint density at radius 3 is 2.29 bits per heavy atom. The van der Waals surface area contributed by atoms with Crippen LogP contribution in [0.2, 0.25) is 5.15 Å². The predicted molar refractivity (Wildman–Crippen MR) is 153 cm³/mol. The van der Waals surface area contributed by atoms with E-state index in [1.807, 2.05) is 0 Å². The molecule has 0 bridgehead atoms. The Labute approximate surface area is 226 Å². The van der Waals surface area contributed by atoms with Crippen LogP contribution in [-0.2, 0) is 0 Å². The number of imidazole rings is 2. The molecular formula is C31H31ClN6. The first kappa shape index (κ1) is 22.8. The van der Waals surface area contributed by atoms with Crippen LogP contribution in [0.3, 0.4) is 0 Å². The van der Waals surface area contributed by atoms with Gasteiger partial charge < -0.3 is 20.6 Å². The van der Waals surface area contributed by atoms with Crippen molar-refractivity contribution in [3.05, 3.63) is 71.4 Å². The third kappa shape index (κ3) is 3.77. The lowest BCUT2D eigenvalue weighted by Gasteiger charge is -2.29. The Balaban J connectivity index is 1.07. The summed E-state index contributed by atoms with van der Waals surface area (Å²) in [6.07, 6.45) is 4.94. The summed E-state index contributed by atoms with van der Waals surface area (Å²) in [6, 6.07) is 21.0. The lowest BCUT2D eigenvalue weighted by atomic mass is 9.80. The second kappa shape index (κ2) is 8.67. The molecule has 0 amide bonds. The third-order valence-electron chi connectivity index (χ3n) is 9.01. The van der Waals surface area contributed by atoms with Crippen LogP contribution in [-0.4, -0.2) is 32.5 Å². The second-order valence-corrected chi connectivity index (χ2v) is 12.0. The lowest BCUT2D eigenvalue weighted by molar-refractivity contribution is 0.276. The number of rotatable bonds is 4. The van der Waals surface area contributed by atoms with Crippen LogP contribution in [0.1, 0.15) is 56.3 Å². The van der Waals surface area contributed by atoms with E-state index >= 15 is 0 Å². The van der Waals surface area contributed by atoms with Crippen molar-refractivity contribution >= 4 is 33.4 Å². The van der Waals surface area contributed by atoms with Crippen LogP contribution in [0, 0.1) is 11.8 Å². The van der Waals surface area contributed by atoms with Gasteiger partial charge in [0, 0.05) is 11.6 Å². The van der Waals surface area contributed by atoms with Gasteiger partial charge in [0.25, 0.3) is 0 Å². The number of H-pyrrole nitrogens is 2. The molecule has 3 aliphatic rings. The van der Waals surface area contributed by atoms with E-state index in [4.69, 9.17) is 21.6 Å². The van der Waals surface area contributed by atoms with E-state index < -0.39 is 0 Å². The van der Waals surface area contributed by atoms with Crippen LogP contribution < -0.4 is 10.6 Å². The van der Waals surface area contributed by atoms with Crippen molar-refractivity contribution in [2.45, 2.75) is 50.7 Å². The first-order chi connectivity index (χ1) is 18.6. The van der Waals surface area contributed by atoms with Gasteiger partial charge in [0.15, 0.2) is 0 Å². The Hall–Kier alpha value is -3.19. The van der Waals surface area contributed by atoms with E-state index in [0.29, 0.717) is 23.2 Å². The molecule has 0 radical (unpaired) electrons. The molecule has 2 aliphatic heterocycles. The summed E-state index contributed by atoms with van der Waals surface area (Å²) >= 11 is 6.60. The number of hydrogen-bond acceptors (Lipinski definition) is 4. The molecule has 192 valence electrons. The highest BCUT2D eigenvalue weighted by Gasteiger charge is 2.41. The minimum Gasteiger partial charge on any atom is -0.341 e. The summed E-state index contributed by atoms with van der Waals surface area (Å²) in [5.74, 6) is 3.49. The maximum absolute atomic E-state index is 6.60. The predicted octanol–water partition coefficient (Wildman–Crippen LogP) is 6.91. The molecule has 2 saturated heterocycles. The molecule has 1 aliphatic carbocycles. The smallest absolute Gasteiger partial charge is 0.134 e. The first-order valence-electron chi connectivity index (χ1n) is 13.9. The maximum Gasteiger partial charge on any atom is 0.134 e. The molecule has 8 rings (SSSR count). The molecule has 0 unspecified atom stereocenters. The fourth-order valence-corrected chi connectivity index (χ4v) is 6.93. The monoisotopic (exact) mass is 522 g/mol. The van der Waals surface area contributed by atoms with Crippen molar-refractivity contribution in [3.8, 4) is 22.4 Å². The highest BCUT2D eigenvalue weighted by Crippen LogP contribution is 2.42. The maximum atomic E-state index is 6.60. The van der Waals surface area contributed by atoms with E-state index in [1.54, 1.807) is 0 Å². The van der Waals surface area contributed by atoms with Gasteiger partial charge in [0.1, 0.15) is 22.5 Å². The fourth-order valence-electron chi connectivity index (χ4n) is 6.68. The Morgan fingerprint density at radius 1 is 0.789 bits per heavy atom. The molecule has 4 heterocycles. The van der Waals surface area contributed by atoms with Crippen molar-refractivity contribution in [2.24, 2.45) is 11.8 Å². The van der Waals surface area contributed by atoms with Crippen molar-refractivity contribution in [2.75, 3.05) is 6.54 Å². The molecule has 1 saturated carbocycles. The van der Waals surface area contributed by atoms with Gasteiger partial charge in [0.2, 0.25) is 0 Å². The Morgan fingerprint density at radius 2 is 1.55 bits per heavy atom. The number of nitrogens with zero attached hydrogens (tertiary/aromatic N) is 2. The van der Waals surface area contributed by atoms with Crippen LogP contribution in [0.5, 0.6) is 0 Å². The van der Waals surface area contributed by atoms with Gasteiger partial charge >= 0.3 is 0 Å². The zero-order valence-corrected chi connectivity index (χ0v) is 22.1. The second-order valence-electron chi connectivity index (χ2n) is 11.6. The zero-order valence-electron chi connectivity index (χ0n) is 21.4. The van der Waals surface area contributed by atoms with Crippen LogP contribution in [0.25, 0.3) is 44.2 Å². The van der Waals surface area contributed by atoms with Crippen molar-refractivity contribution in [1.82, 2.24) is 30.6 Å². The molecule has 0 spiro atoms. The molecule has 6 nitrogen and oxygen atoms in total. The van der Waals surface area contributed by atoms with E-state index in [2.05, 4.69) is 82.1 Å². The number of halogens is 1. The van der Waals surface area contributed by atoms with Gasteiger partial charge in [-0.05, 0) is 90.2 Å². The van der Waals surface area contributed by atoms with E-state index in [0.717, 1.165) is 52.8 Å². The van der Waals surface area contributed by atoms with Crippen LogP contribution in [0.4, 0.5) is 0 Å². The Bertz CT molecular complexity index is 1670. The average molecular weight is 523 g/mol. The van der Waals surface area contributed by atoms with Crippen LogP contribution >= 0.6 is 11.6 Å². The molecule has 3 fully saturated rings. The SMILES string of the molecule is C[C@H]1CN[C@H](c2nc(-c3ccc4cc(-c5ccc6nc([C@@H]7C[C@H]8CC[C@H]8N7)[nH]c6c5)ccc4c3)c(Cl)[nH]2)C1. The molecule has 5 aromatic rings. The molecule has 7 heteroatoms. The minimum absolute atomic E-state index is 0.243. The van der Waals surface area contributed by atoms with Crippen molar-refractivity contribution in [1.29, 1.82) is 0 Å². The van der Waals surface area contributed by atoms with Gasteiger partial charge in [-0.15, -0.1) is 0 Å². The third-order valence-corrected chi connectivity index (χ3v) is 9.28. The summed E-state index contributed by atoms with van der Waals surface area (Å²) in [5.41, 5.74) is 6.37. The Kier molecular flexibility index (Phi) is 5.19. The summed E-state index contributed by atoms with van der Waals surface area (Å²) < 4.78 is 0.